The Morgan fingerprint density at radius 2 is 0.889 bits per heavy atom. The number of anilines is 1. The molecule has 6 N–H and O–H groups in total. The smallest absolute Gasteiger partial charge is 0.223 e. The highest BCUT2D eigenvalue weighted by Gasteiger charge is 2.39. The second kappa shape index (κ2) is 22.8. The van der Waals surface area contributed by atoms with Crippen LogP contribution in [0.25, 0.3) is 88.3 Å². The van der Waals surface area contributed by atoms with Crippen molar-refractivity contribution >= 4 is 32.9 Å². The molecule has 81 heavy (non-hydrogen) atoms. The zero-order valence-corrected chi connectivity index (χ0v) is 46.8. The van der Waals surface area contributed by atoms with Gasteiger partial charge in [0.25, 0.3) is 0 Å². The number of aliphatic hydroxyl groups is 3. The zero-order valence-electron chi connectivity index (χ0n) is 46.8. The monoisotopic (exact) mass is 1080 g/mol. The number of hydrogen-bond acceptors (Lipinski definition) is 11. The molecule has 0 spiro atoms. The van der Waals surface area contributed by atoms with E-state index in [0.717, 1.165) is 110 Å². The number of rotatable bonds is 13. The third-order valence-electron chi connectivity index (χ3n) is 16.2. The van der Waals surface area contributed by atoms with Crippen molar-refractivity contribution < 1.29 is 48.6 Å². The van der Waals surface area contributed by atoms with Crippen molar-refractivity contribution in [2.75, 3.05) is 61.7 Å². The number of nitrogens with two attached hydrogens (primary N) is 1. The molecule has 12 rings (SSSR count). The topological polar surface area (TPSA) is 150 Å². The summed E-state index contributed by atoms with van der Waals surface area (Å²) in [4.78, 5) is 3.10. The van der Waals surface area contributed by atoms with Gasteiger partial charge >= 0.3 is 0 Å². The van der Waals surface area contributed by atoms with Gasteiger partial charge in [-0.2, -0.15) is 0 Å². The Morgan fingerprint density at radius 1 is 0.444 bits per heavy atom. The van der Waals surface area contributed by atoms with E-state index in [4.69, 9.17) is 34.2 Å². The van der Waals surface area contributed by atoms with Crippen LogP contribution in [0.2, 0.25) is 0 Å². The zero-order chi connectivity index (χ0) is 56.6. The Kier molecular flexibility index (Phi) is 15.3. The molecule has 2 aliphatic heterocycles. The highest BCUT2D eigenvalue weighted by molar-refractivity contribution is 6.12. The molecule has 410 valence electrons. The summed E-state index contributed by atoms with van der Waals surface area (Å²) >= 11 is 0. The molecule has 12 heteroatoms. The number of benzene rings is 10. The fraction of sp³-hybridized carbons (Fsp3) is 0.188. The standard InChI is InChI=1S/C35H33NO5.C34H32N2O4/c1-36-33-27(25-15-14-24(19-37)29(20-38)32(25)35(36)41-4)17-16-26-28(33)18-30(39-2)34(40-3)31(26)23-12-10-22(11-13-23)21-8-6-5-7-9-21;1-36-31-26(24-15-14-23(19-37)32(39-3)30(24)34(36)35)17-16-25-27(31)18-28(38-2)33(40-4)29(25)22-12-10-21(11-13-22)20-8-6-5-7-9-20/h5-18,35,37-38H,19-20H2,1-4H3;5-18,34,37H,19,35H2,1-4H3/p+1. The molecule has 10 aromatic carbocycles. The van der Waals surface area contributed by atoms with Crippen molar-refractivity contribution in [1.29, 1.82) is 0 Å². The molecule has 0 saturated carbocycles. The van der Waals surface area contributed by atoms with Gasteiger partial charge in [-0.15, -0.1) is 0 Å². The summed E-state index contributed by atoms with van der Waals surface area (Å²) < 4.78 is 35.5. The van der Waals surface area contributed by atoms with Gasteiger partial charge in [-0.1, -0.05) is 152 Å². The third kappa shape index (κ3) is 9.16. The number of methoxy groups -OCH3 is 6. The highest BCUT2D eigenvalue weighted by Crippen LogP contribution is 2.54. The van der Waals surface area contributed by atoms with Crippen LogP contribution < -0.4 is 39.2 Å². The van der Waals surface area contributed by atoms with E-state index in [2.05, 4.69) is 109 Å². The van der Waals surface area contributed by atoms with Gasteiger partial charge in [0.1, 0.15) is 17.6 Å². The maximum absolute atomic E-state index is 10.3. The second-order valence-electron chi connectivity index (χ2n) is 20.2. The number of nitrogens with zero attached hydrogens (tertiary/aromatic N) is 1. The van der Waals surface area contributed by atoms with Crippen LogP contribution >= 0.6 is 0 Å². The number of aliphatic hydroxyl groups excluding tert-OH is 3. The summed E-state index contributed by atoms with van der Waals surface area (Å²) in [6.45, 7) is -0.448. The minimum absolute atomic E-state index is 0.124. The van der Waals surface area contributed by atoms with Crippen LogP contribution in [0.15, 0.2) is 170 Å². The summed E-state index contributed by atoms with van der Waals surface area (Å²) in [6, 6.07) is 58.2. The average molecular weight is 1080 g/mol. The molecule has 2 aliphatic rings. The van der Waals surface area contributed by atoms with E-state index in [-0.39, 0.29) is 26.0 Å². The molecule has 0 aromatic heterocycles. The van der Waals surface area contributed by atoms with Crippen molar-refractivity contribution in [3.05, 3.63) is 198 Å². The number of hydrogen-bond donors (Lipinski definition) is 5. The van der Waals surface area contributed by atoms with E-state index in [0.29, 0.717) is 45.4 Å². The molecular weight excluding hydrogens is 1010 g/mol. The summed E-state index contributed by atoms with van der Waals surface area (Å²) in [6.07, 6.45) is -0.852. The van der Waals surface area contributed by atoms with Crippen LogP contribution in [0.5, 0.6) is 28.7 Å². The second-order valence-corrected chi connectivity index (χ2v) is 20.2. The van der Waals surface area contributed by atoms with Crippen LogP contribution in [0.1, 0.15) is 40.2 Å². The molecule has 10 aromatic rings. The molecule has 0 aliphatic carbocycles. The van der Waals surface area contributed by atoms with Crippen LogP contribution in [-0.2, 0) is 24.6 Å². The summed E-state index contributed by atoms with van der Waals surface area (Å²) in [5.41, 5.74) is 25.5. The van der Waals surface area contributed by atoms with Crippen LogP contribution in [0.3, 0.4) is 0 Å². The average Bonchev–Trinajstić information content (AvgIpc) is 3.55. The first-order valence-electron chi connectivity index (χ1n) is 26.9. The van der Waals surface area contributed by atoms with Crippen LogP contribution in [0.4, 0.5) is 11.4 Å². The molecule has 3 unspecified atom stereocenters. The molecular formula is C69H66N3O9+. The van der Waals surface area contributed by atoms with Crippen LogP contribution in [0, 0.1) is 0 Å². The molecule has 12 nitrogen and oxygen atoms in total. The summed E-state index contributed by atoms with van der Waals surface area (Å²) in [5, 5.41) is 34.3. The van der Waals surface area contributed by atoms with Gasteiger partial charge in [-0.05, 0) is 84.6 Å². The molecule has 0 radical (unpaired) electrons. The predicted octanol–water partition coefficient (Wildman–Crippen LogP) is 12.4. The van der Waals surface area contributed by atoms with E-state index in [1.54, 1.807) is 42.7 Å². The number of ether oxygens (including phenoxy) is 6. The van der Waals surface area contributed by atoms with Crippen molar-refractivity contribution in [3.8, 4) is 95.5 Å². The SMILES string of the molecule is COc1cc2c3c(ccc2c(-c2ccc(-c4ccccc4)cc2)c1OC)-c1ccc(CO)c(CO)c1C(OC)[NH+]3C.COc1cc2c3c(ccc2c(-c2ccc(-c4ccccc4)cc2)c1OC)-c1ccc(CO)c(OC)c1C(N)N3C. The van der Waals surface area contributed by atoms with E-state index >= 15 is 0 Å². The van der Waals surface area contributed by atoms with Crippen molar-refractivity contribution in [3.63, 3.8) is 0 Å². The predicted molar refractivity (Wildman–Crippen MR) is 323 cm³/mol. The molecule has 3 atom stereocenters. The lowest BCUT2D eigenvalue weighted by atomic mass is 9.84. The molecule has 0 bridgehead atoms. The Balaban J connectivity index is 0.000000170. The first kappa shape index (κ1) is 54.2. The lowest BCUT2D eigenvalue weighted by Crippen LogP contribution is -3.05. The Hall–Kier alpha value is -8.72. The Bertz CT molecular complexity index is 3960. The molecule has 2 heterocycles. The van der Waals surface area contributed by atoms with Crippen molar-refractivity contribution in [1.82, 2.24) is 0 Å². The minimum atomic E-state index is -0.476. The Labute approximate surface area is 472 Å². The summed E-state index contributed by atoms with van der Waals surface area (Å²) in [5.74, 6) is 3.28. The number of fused-ring (bicyclic) bond motifs is 10. The first-order valence-corrected chi connectivity index (χ1v) is 26.9. The molecule has 0 fully saturated rings. The van der Waals surface area contributed by atoms with Gasteiger partial charge in [-0.25, -0.2) is 0 Å². The van der Waals surface area contributed by atoms with Gasteiger partial charge in [0, 0.05) is 58.3 Å². The largest absolute Gasteiger partial charge is 0.496 e. The highest BCUT2D eigenvalue weighted by atomic mass is 16.5. The minimum Gasteiger partial charge on any atom is -0.496 e. The van der Waals surface area contributed by atoms with Gasteiger partial charge in [-0.3, -0.25) is 4.90 Å². The van der Waals surface area contributed by atoms with Crippen molar-refractivity contribution in [2.24, 2.45) is 5.73 Å². The Morgan fingerprint density at radius 3 is 1.37 bits per heavy atom. The lowest BCUT2D eigenvalue weighted by Gasteiger charge is -2.37. The maximum Gasteiger partial charge on any atom is 0.223 e. The number of quaternary nitrogens is 1. The van der Waals surface area contributed by atoms with E-state index in [9.17, 15) is 15.3 Å². The van der Waals surface area contributed by atoms with Gasteiger partial charge in [0.2, 0.25) is 6.23 Å². The van der Waals surface area contributed by atoms with E-state index < -0.39 is 6.17 Å². The van der Waals surface area contributed by atoms with Crippen molar-refractivity contribution in [2.45, 2.75) is 32.2 Å². The van der Waals surface area contributed by atoms with Gasteiger partial charge in [0.15, 0.2) is 23.0 Å². The maximum atomic E-state index is 10.3. The normalized spacial score (nSPS) is 15.0. The first-order chi connectivity index (χ1) is 39.6. The third-order valence-corrected chi connectivity index (χ3v) is 16.2. The lowest BCUT2D eigenvalue weighted by molar-refractivity contribution is -0.874. The van der Waals surface area contributed by atoms with Gasteiger partial charge < -0.3 is 54.4 Å². The number of nitrogens with one attached hydrogen (secondary N) is 1. The summed E-state index contributed by atoms with van der Waals surface area (Å²) in [7, 11) is 14.0. The van der Waals surface area contributed by atoms with Crippen LogP contribution in [-0.4, -0.2) is 72.1 Å². The van der Waals surface area contributed by atoms with Gasteiger partial charge in [0.05, 0.1) is 73.7 Å². The van der Waals surface area contributed by atoms with E-state index in [1.165, 1.54) is 5.56 Å². The fourth-order valence-electron chi connectivity index (χ4n) is 12.4. The molecule has 0 amide bonds. The molecule has 0 saturated heterocycles. The quantitative estimate of drug-likeness (QED) is 0.0751. The fourth-order valence-corrected chi connectivity index (χ4v) is 12.4. The van der Waals surface area contributed by atoms with E-state index in [1.807, 2.05) is 79.8 Å².